The van der Waals surface area contributed by atoms with Crippen molar-refractivity contribution < 1.29 is 28.6 Å². The van der Waals surface area contributed by atoms with Crippen molar-refractivity contribution in [3.8, 4) is 0 Å². The van der Waals surface area contributed by atoms with Crippen molar-refractivity contribution in [3.63, 3.8) is 0 Å². The molecule has 6 nitrogen and oxygen atoms in total. The van der Waals surface area contributed by atoms with Gasteiger partial charge in [-0.15, -0.1) is 0 Å². The topological polar surface area (TPSA) is 78.9 Å². The van der Waals surface area contributed by atoms with Crippen molar-refractivity contribution in [2.45, 2.75) is 252 Å². The lowest BCUT2D eigenvalue weighted by Crippen LogP contribution is -2.30. The van der Waals surface area contributed by atoms with Crippen molar-refractivity contribution in [3.05, 3.63) is 24.3 Å². The number of hydrogen-bond acceptors (Lipinski definition) is 6. The molecule has 0 aromatic carbocycles. The van der Waals surface area contributed by atoms with Crippen LogP contribution in [0.15, 0.2) is 24.3 Å². The number of hydrogen-bond donors (Lipinski definition) is 0. The second kappa shape index (κ2) is 43.6. The molecule has 0 bridgehead atoms. The molecule has 0 unspecified atom stereocenters. The van der Waals surface area contributed by atoms with Gasteiger partial charge in [-0.3, -0.25) is 14.4 Å². The van der Waals surface area contributed by atoms with Gasteiger partial charge in [0.15, 0.2) is 6.10 Å². The van der Waals surface area contributed by atoms with Gasteiger partial charge in [0.2, 0.25) is 0 Å². The quantitative estimate of drug-likeness (QED) is 0.0267. The summed E-state index contributed by atoms with van der Waals surface area (Å²) < 4.78 is 16.7. The van der Waals surface area contributed by atoms with Crippen molar-refractivity contribution in [1.29, 1.82) is 0 Å². The predicted molar refractivity (Wildman–Crippen MR) is 229 cm³/mol. The Balaban J connectivity index is 4.37. The van der Waals surface area contributed by atoms with Crippen LogP contribution in [0.4, 0.5) is 0 Å². The fourth-order valence-electron chi connectivity index (χ4n) is 6.59. The molecule has 0 aliphatic heterocycles. The summed E-state index contributed by atoms with van der Waals surface area (Å²) in [6, 6.07) is 0. The van der Waals surface area contributed by atoms with Gasteiger partial charge in [0.25, 0.3) is 0 Å². The SMILES string of the molecule is CCCC/C=C\CCCCCCCC(=O)O[C@H](COC(=O)CCCCCCC/C=C\CCCCCC)COC(=O)CCCCCCCCCCCCCC. The molecule has 0 N–H and O–H groups in total. The second-order valence-corrected chi connectivity index (χ2v) is 15.7. The van der Waals surface area contributed by atoms with Crippen LogP contribution in [0.25, 0.3) is 0 Å². The maximum atomic E-state index is 12.7. The molecule has 0 aromatic rings. The third kappa shape index (κ3) is 41.1. The molecule has 0 saturated carbocycles. The summed E-state index contributed by atoms with van der Waals surface area (Å²) in [6.45, 7) is 6.57. The van der Waals surface area contributed by atoms with Crippen molar-refractivity contribution >= 4 is 17.9 Å². The molecular formula is C48H88O6. The Morgan fingerprint density at radius 2 is 0.630 bits per heavy atom. The second-order valence-electron chi connectivity index (χ2n) is 15.7. The zero-order chi connectivity index (χ0) is 39.4. The average Bonchev–Trinajstić information content (AvgIpc) is 3.17. The van der Waals surface area contributed by atoms with E-state index in [1.807, 2.05) is 0 Å². The number of allylic oxidation sites excluding steroid dienone is 4. The molecular weight excluding hydrogens is 673 g/mol. The first kappa shape index (κ1) is 51.9. The number of rotatable bonds is 42. The minimum absolute atomic E-state index is 0.0743. The molecule has 0 saturated heterocycles. The Hall–Kier alpha value is -2.11. The Labute approximate surface area is 334 Å². The van der Waals surface area contributed by atoms with Gasteiger partial charge in [0.1, 0.15) is 13.2 Å². The lowest BCUT2D eigenvalue weighted by atomic mass is 10.0. The smallest absolute Gasteiger partial charge is 0.306 e. The Kier molecular flexibility index (Phi) is 41.9. The van der Waals surface area contributed by atoms with E-state index in [0.29, 0.717) is 19.3 Å². The van der Waals surface area contributed by atoms with Crippen LogP contribution in [0.2, 0.25) is 0 Å². The molecule has 0 radical (unpaired) electrons. The van der Waals surface area contributed by atoms with Gasteiger partial charge in [-0.2, -0.15) is 0 Å². The first-order valence-corrected chi connectivity index (χ1v) is 23.3. The molecule has 0 rings (SSSR count). The van der Waals surface area contributed by atoms with E-state index in [1.165, 1.54) is 128 Å². The minimum atomic E-state index is -0.772. The van der Waals surface area contributed by atoms with Crippen LogP contribution in [0.1, 0.15) is 245 Å². The maximum Gasteiger partial charge on any atom is 0.306 e. The summed E-state index contributed by atoms with van der Waals surface area (Å²) in [5, 5.41) is 0. The summed E-state index contributed by atoms with van der Waals surface area (Å²) in [5.74, 6) is -0.888. The van der Waals surface area contributed by atoms with Crippen molar-refractivity contribution in [2.24, 2.45) is 0 Å². The fourth-order valence-corrected chi connectivity index (χ4v) is 6.59. The monoisotopic (exact) mass is 761 g/mol. The van der Waals surface area contributed by atoms with E-state index < -0.39 is 6.10 Å². The first-order valence-electron chi connectivity index (χ1n) is 23.3. The van der Waals surface area contributed by atoms with Crippen LogP contribution in [-0.4, -0.2) is 37.2 Å². The largest absolute Gasteiger partial charge is 0.462 e. The van der Waals surface area contributed by atoms with E-state index in [-0.39, 0.29) is 31.1 Å². The summed E-state index contributed by atoms with van der Waals surface area (Å²) in [6.07, 6.45) is 47.2. The molecule has 316 valence electrons. The van der Waals surface area contributed by atoms with E-state index >= 15 is 0 Å². The number of carbonyl (C=O) groups is 3. The average molecular weight is 761 g/mol. The van der Waals surface area contributed by atoms with Gasteiger partial charge in [0.05, 0.1) is 0 Å². The number of unbranched alkanes of at least 4 members (excludes halogenated alkanes) is 27. The molecule has 1 atom stereocenters. The highest BCUT2D eigenvalue weighted by molar-refractivity contribution is 5.71. The van der Waals surface area contributed by atoms with Gasteiger partial charge in [-0.1, -0.05) is 186 Å². The van der Waals surface area contributed by atoms with Crippen LogP contribution in [0.5, 0.6) is 0 Å². The van der Waals surface area contributed by atoms with Crippen molar-refractivity contribution in [1.82, 2.24) is 0 Å². The van der Waals surface area contributed by atoms with Crippen LogP contribution in [-0.2, 0) is 28.6 Å². The molecule has 0 aromatic heterocycles. The fraction of sp³-hybridized carbons (Fsp3) is 0.854. The van der Waals surface area contributed by atoms with Gasteiger partial charge in [0, 0.05) is 19.3 Å². The normalized spacial score (nSPS) is 12.1. The number of ether oxygens (including phenoxy) is 3. The maximum absolute atomic E-state index is 12.7. The third-order valence-electron chi connectivity index (χ3n) is 10.2. The van der Waals surface area contributed by atoms with Crippen LogP contribution >= 0.6 is 0 Å². The molecule has 0 amide bonds. The van der Waals surface area contributed by atoms with Crippen LogP contribution < -0.4 is 0 Å². The molecule has 54 heavy (non-hydrogen) atoms. The zero-order valence-electron chi connectivity index (χ0n) is 36.0. The van der Waals surface area contributed by atoms with E-state index in [4.69, 9.17) is 14.2 Å². The highest BCUT2D eigenvalue weighted by Gasteiger charge is 2.19. The summed E-state index contributed by atoms with van der Waals surface area (Å²) in [5.41, 5.74) is 0. The van der Waals surface area contributed by atoms with Gasteiger partial charge >= 0.3 is 17.9 Å². The highest BCUT2D eigenvalue weighted by Crippen LogP contribution is 2.14. The summed E-state index contributed by atoms with van der Waals surface area (Å²) in [4.78, 5) is 37.7. The molecule has 0 spiro atoms. The van der Waals surface area contributed by atoms with E-state index in [1.54, 1.807) is 0 Å². The van der Waals surface area contributed by atoms with Gasteiger partial charge in [-0.05, 0) is 64.2 Å². The highest BCUT2D eigenvalue weighted by atomic mass is 16.6. The van der Waals surface area contributed by atoms with E-state index in [9.17, 15) is 14.4 Å². The third-order valence-corrected chi connectivity index (χ3v) is 10.2. The predicted octanol–water partition coefficient (Wildman–Crippen LogP) is 14.8. The number of esters is 3. The molecule has 0 aliphatic rings. The van der Waals surface area contributed by atoms with Gasteiger partial charge < -0.3 is 14.2 Å². The van der Waals surface area contributed by atoms with E-state index in [0.717, 1.165) is 77.0 Å². The Bertz CT molecular complexity index is 880. The van der Waals surface area contributed by atoms with Crippen molar-refractivity contribution in [2.75, 3.05) is 13.2 Å². The standard InChI is InChI=1S/C48H88O6/c1-4-7-10-13-16-19-22-24-27-29-32-35-38-41-47(50)53-44-45(54-48(51)42-39-36-33-30-25-21-18-15-12-9-6-3)43-52-46(49)40-37-34-31-28-26-23-20-17-14-11-8-5-2/h15,18-19,22,45H,4-14,16-17,20-21,23-44H2,1-3H3/b18-15-,22-19-/t45-/m0/s1. The first-order chi connectivity index (χ1) is 26.5. The van der Waals surface area contributed by atoms with Gasteiger partial charge in [-0.25, -0.2) is 0 Å². The zero-order valence-corrected chi connectivity index (χ0v) is 36.0. The lowest BCUT2D eigenvalue weighted by molar-refractivity contribution is -0.167. The summed E-state index contributed by atoms with van der Waals surface area (Å²) >= 11 is 0. The van der Waals surface area contributed by atoms with E-state index in [2.05, 4.69) is 45.1 Å². The lowest BCUT2D eigenvalue weighted by Gasteiger charge is -2.18. The summed E-state index contributed by atoms with van der Waals surface area (Å²) in [7, 11) is 0. The molecule has 0 fully saturated rings. The molecule has 6 heteroatoms. The van der Waals surface area contributed by atoms with Crippen LogP contribution in [0.3, 0.4) is 0 Å². The Morgan fingerprint density at radius 3 is 1.00 bits per heavy atom. The molecule has 0 heterocycles. The Morgan fingerprint density at radius 1 is 0.352 bits per heavy atom. The van der Waals surface area contributed by atoms with Crippen LogP contribution in [0, 0.1) is 0 Å². The number of carbonyl (C=O) groups excluding carboxylic acids is 3. The minimum Gasteiger partial charge on any atom is -0.462 e. The molecule has 0 aliphatic carbocycles.